The fourth-order valence-corrected chi connectivity index (χ4v) is 5.50. The van der Waals surface area contributed by atoms with Crippen molar-refractivity contribution < 1.29 is 13.9 Å². The molecule has 1 aliphatic heterocycles. The second-order valence-electron chi connectivity index (χ2n) is 8.06. The third kappa shape index (κ3) is 4.64. The summed E-state index contributed by atoms with van der Waals surface area (Å²) in [6, 6.07) is 17.9. The molecular weight excluding hydrogens is 564 g/mol. The molecule has 0 amide bonds. The van der Waals surface area contributed by atoms with Gasteiger partial charge in [0.25, 0.3) is 5.56 Å². The molecule has 1 atom stereocenters. The minimum absolute atomic E-state index is 0.215. The molecule has 9 heteroatoms. The van der Waals surface area contributed by atoms with Crippen molar-refractivity contribution in [3.8, 4) is 11.3 Å². The number of allylic oxidation sites excluding steroid dienone is 1. The molecule has 36 heavy (non-hydrogen) atoms. The van der Waals surface area contributed by atoms with E-state index in [1.807, 2.05) is 36.4 Å². The Morgan fingerprint density at radius 1 is 1.17 bits per heavy atom. The highest BCUT2D eigenvalue weighted by molar-refractivity contribution is 9.10. The maximum atomic E-state index is 13.7. The Balaban J connectivity index is 1.63. The Morgan fingerprint density at radius 3 is 2.58 bits per heavy atom. The molecule has 0 aliphatic carbocycles. The summed E-state index contributed by atoms with van der Waals surface area (Å²) < 4.78 is 14.3. The Kier molecular flexibility index (Phi) is 6.83. The van der Waals surface area contributed by atoms with Crippen LogP contribution < -0.4 is 14.9 Å². The van der Waals surface area contributed by atoms with Crippen LogP contribution in [0.3, 0.4) is 0 Å². The third-order valence-electron chi connectivity index (χ3n) is 5.73. The topological polar surface area (TPSA) is 73.8 Å². The first-order chi connectivity index (χ1) is 17.4. The van der Waals surface area contributed by atoms with Gasteiger partial charge in [0.15, 0.2) is 4.80 Å². The number of esters is 1. The molecule has 4 aromatic rings. The van der Waals surface area contributed by atoms with E-state index in [9.17, 15) is 9.59 Å². The summed E-state index contributed by atoms with van der Waals surface area (Å²) in [5, 5.41) is 0.559. The maximum absolute atomic E-state index is 13.7. The zero-order valence-electron chi connectivity index (χ0n) is 19.3. The number of rotatable bonds is 5. The van der Waals surface area contributed by atoms with Gasteiger partial charge in [0.1, 0.15) is 11.5 Å². The molecule has 2 aromatic heterocycles. The van der Waals surface area contributed by atoms with Crippen molar-refractivity contribution in [3.05, 3.63) is 112 Å². The van der Waals surface area contributed by atoms with Crippen LogP contribution >= 0.6 is 38.9 Å². The molecule has 0 saturated heterocycles. The number of nitrogens with zero attached hydrogens (tertiary/aromatic N) is 2. The van der Waals surface area contributed by atoms with Gasteiger partial charge in [-0.25, -0.2) is 9.79 Å². The number of thiazole rings is 1. The van der Waals surface area contributed by atoms with Crippen LogP contribution in [0.4, 0.5) is 0 Å². The van der Waals surface area contributed by atoms with Crippen molar-refractivity contribution in [2.24, 2.45) is 4.99 Å². The lowest BCUT2D eigenvalue weighted by atomic mass is 9.96. The molecule has 0 fully saturated rings. The molecule has 3 heterocycles. The minimum atomic E-state index is -0.686. The third-order valence-corrected chi connectivity index (χ3v) is 7.50. The summed E-state index contributed by atoms with van der Waals surface area (Å²) in [6.07, 6.45) is 1.70. The summed E-state index contributed by atoms with van der Waals surface area (Å²) in [5.74, 6) is 0.738. The quantitative estimate of drug-likeness (QED) is 0.292. The molecule has 0 spiro atoms. The molecular formula is C27H20BrClN2O4S. The first kappa shape index (κ1) is 24.5. The van der Waals surface area contributed by atoms with E-state index >= 15 is 0 Å². The number of benzene rings is 2. The molecule has 182 valence electrons. The molecule has 0 bridgehead atoms. The highest BCUT2D eigenvalue weighted by atomic mass is 79.9. The van der Waals surface area contributed by atoms with Crippen molar-refractivity contribution in [1.29, 1.82) is 0 Å². The van der Waals surface area contributed by atoms with E-state index in [-0.39, 0.29) is 12.2 Å². The molecule has 5 rings (SSSR count). The number of hydrogen-bond donors (Lipinski definition) is 0. The summed E-state index contributed by atoms with van der Waals surface area (Å²) in [6.45, 7) is 3.71. The van der Waals surface area contributed by atoms with E-state index in [1.54, 1.807) is 44.2 Å². The Labute approximate surface area is 224 Å². The maximum Gasteiger partial charge on any atom is 0.338 e. The number of aromatic nitrogens is 1. The first-order valence-electron chi connectivity index (χ1n) is 11.2. The Hall–Kier alpha value is -3.20. The normalized spacial score (nSPS) is 15.6. The van der Waals surface area contributed by atoms with Gasteiger partial charge in [0.2, 0.25) is 0 Å². The van der Waals surface area contributed by atoms with Crippen LogP contribution in [-0.2, 0) is 9.53 Å². The standard InChI is InChI=1S/C27H20BrClN2O4S/c1-3-34-26(33)23-15(2)30-27-31(24(23)17-6-10-19(29)11-7-17)25(32)22(36-27)14-20-12-13-21(35-20)16-4-8-18(28)9-5-16/h4-14,24H,3H2,1-2H3/b22-14-/t24-/m0/s1. The SMILES string of the molecule is CCOC(=O)C1=C(C)N=c2s/c(=C\c3ccc(-c4ccc(Br)cc4)o3)c(=O)n2[C@H]1c1ccc(Cl)cc1. The van der Waals surface area contributed by atoms with Crippen LogP contribution in [-0.4, -0.2) is 17.1 Å². The van der Waals surface area contributed by atoms with Gasteiger partial charge in [-0.1, -0.05) is 63.1 Å². The number of carbonyl (C=O) groups is 1. The van der Waals surface area contributed by atoms with Gasteiger partial charge in [-0.2, -0.15) is 0 Å². The molecule has 0 saturated carbocycles. The largest absolute Gasteiger partial charge is 0.463 e. The average Bonchev–Trinajstić information content (AvgIpc) is 3.44. The Bertz CT molecular complexity index is 1660. The van der Waals surface area contributed by atoms with Gasteiger partial charge in [-0.3, -0.25) is 9.36 Å². The fraction of sp³-hybridized carbons (Fsp3) is 0.148. The molecule has 6 nitrogen and oxygen atoms in total. The number of fused-ring (bicyclic) bond motifs is 1. The van der Waals surface area contributed by atoms with Gasteiger partial charge in [0.05, 0.1) is 28.5 Å². The lowest BCUT2D eigenvalue weighted by Crippen LogP contribution is -2.39. The van der Waals surface area contributed by atoms with Crippen molar-refractivity contribution in [2.45, 2.75) is 19.9 Å². The van der Waals surface area contributed by atoms with Gasteiger partial charge in [0, 0.05) is 21.1 Å². The van der Waals surface area contributed by atoms with Gasteiger partial charge in [-0.05, 0) is 55.8 Å². The van der Waals surface area contributed by atoms with Crippen LogP contribution in [0.5, 0.6) is 0 Å². The van der Waals surface area contributed by atoms with Crippen LogP contribution in [0.25, 0.3) is 17.4 Å². The van der Waals surface area contributed by atoms with Crippen LogP contribution in [0, 0.1) is 0 Å². The lowest BCUT2D eigenvalue weighted by molar-refractivity contribution is -0.139. The van der Waals surface area contributed by atoms with E-state index in [0.717, 1.165) is 15.6 Å². The van der Waals surface area contributed by atoms with Gasteiger partial charge < -0.3 is 9.15 Å². The van der Waals surface area contributed by atoms with Crippen LogP contribution in [0.2, 0.25) is 5.02 Å². The fourth-order valence-electron chi connectivity index (χ4n) is 4.08. The van der Waals surface area contributed by atoms with Crippen molar-refractivity contribution in [3.63, 3.8) is 0 Å². The molecule has 2 aromatic carbocycles. The van der Waals surface area contributed by atoms with Crippen LogP contribution in [0.1, 0.15) is 31.2 Å². The van der Waals surface area contributed by atoms with E-state index in [1.165, 1.54) is 15.9 Å². The summed E-state index contributed by atoms with van der Waals surface area (Å²) >= 11 is 10.8. The molecule has 1 aliphatic rings. The van der Waals surface area contributed by atoms with E-state index in [0.29, 0.717) is 37.1 Å². The lowest BCUT2D eigenvalue weighted by Gasteiger charge is -2.24. The Morgan fingerprint density at radius 2 is 1.89 bits per heavy atom. The highest BCUT2D eigenvalue weighted by Crippen LogP contribution is 2.31. The predicted octanol–water partition coefficient (Wildman–Crippen LogP) is 5.47. The van der Waals surface area contributed by atoms with Crippen molar-refractivity contribution >= 4 is 50.9 Å². The van der Waals surface area contributed by atoms with Crippen molar-refractivity contribution in [1.82, 2.24) is 4.57 Å². The first-order valence-corrected chi connectivity index (χ1v) is 13.2. The predicted molar refractivity (Wildman–Crippen MR) is 144 cm³/mol. The van der Waals surface area contributed by atoms with Gasteiger partial charge in [-0.15, -0.1) is 0 Å². The number of hydrogen-bond acceptors (Lipinski definition) is 6. The van der Waals surface area contributed by atoms with Crippen molar-refractivity contribution in [2.75, 3.05) is 6.61 Å². The number of halogens is 2. The average molecular weight is 584 g/mol. The summed E-state index contributed by atoms with van der Waals surface area (Å²) in [5.41, 5.74) is 2.23. The van der Waals surface area contributed by atoms with Gasteiger partial charge >= 0.3 is 5.97 Å². The number of furan rings is 1. The second kappa shape index (κ2) is 10.0. The van der Waals surface area contributed by atoms with E-state index < -0.39 is 12.0 Å². The molecule has 0 N–H and O–H groups in total. The number of ether oxygens (including phenoxy) is 1. The molecule has 0 unspecified atom stereocenters. The second-order valence-corrected chi connectivity index (χ2v) is 10.4. The minimum Gasteiger partial charge on any atom is -0.463 e. The van der Waals surface area contributed by atoms with Crippen LogP contribution in [0.15, 0.2) is 90.6 Å². The monoisotopic (exact) mass is 582 g/mol. The van der Waals surface area contributed by atoms with E-state index in [4.69, 9.17) is 20.8 Å². The zero-order chi connectivity index (χ0) is 25.4. The van der Waals surface area contributed by atoms with E-state index in [2.05, 4.69) is 20.9 Å². The molecule has 0 radical (unpaired) electrons. The zero-order valence-corrected chi connectivity index (χ0v) is 22.5. The summed E-state index contributed by atoms with van der Waals surface area (Å²) in [4.78, 5) is 31.7. The smallest absolute Gasteiger partial charge is 0.338 e. The summed E-state index contributed by atoms with van der Waals surface area (Å²) in [7, 11) is 0. The highest BCUT2D eigenvalue weighted by Gasteiger charge is 2.33. The number of carbonyl (C=O) groups excluding carboxylic acids is 1.